The molecular weight excluding hydrogens is 352 g/mol. The minimum atomic E-state index is -0.654. The fraction of sp³-hybridized carbons (Fsp3) is 0.263. The molecule has 0 saturated heterocycles. The lowest BCUT2D eigenvalue weighted by Crippen LogP contribution is -2.22. The lowest BCUT2D eigenvalue weighted by atomic mass is 10.1. The highest BCUT2D eigenvalue weighted by Crippen LogP contribution is 2.27. The van der Waals surface area contributed by atoms with Gasteiger partial charge in [0.25, 0.3) is 11.6 Å². The van der Waals surface area contributed by atoms with Gasteiger partial charge in [0.15, 0.2) is 6.61 Å². The summed E-state index contributed by atoms with van der Waals surface area (Å²) in [6.07, 6.45) is -0.0219. The number of carbonyl (C=O) groups is 2. The highest BCUT2D eigenvalue weighted by atomic mass is 16.6. The number of hydrogen-bond acceptors (Lipinski definition) is 6. The Bertz CT molecular complexity index is 836. The summed E-state index contributed by atoms with van der Waals surface area (Å²) in [7, 11) is 0. The van der Waals surface area contributed by atoms with Crippen molar-refractivity contribution in [2.24, 2.45) is 0 Å². The van der Waals surface area contributed by atoms with Crippen LogP contribution >= 0.6 is 0 Å². The average molecular weight is 372 g/mol. The third kappa shape index (κ3) is 6.10. The van der Waals surface area contributed by atoms with E-state index in [0.29, 0.717) is 5.75 Å². The molecule has 0 aromatic heterocycles. The van der Waals surface area contributed by atoms with Gasteiger partial charge in [0, 0.05) is 6.07 Å². The molecule has 0 unspecified atom stereocenters. The molecule has 2 rings (SSSR count). The number of nitrogens with zero attached hydrogens (tertiary/aromatic N) is 1. The van der Waals surface area contributed by atoms with E-state index in [1.165, 1.54) is 12.1 Å². The Morgan fingerprint density at radius 3 is 2.44 bits per heavy atom. The second kappa shape index (κ2) is 9.33. The van der Waals surface area contributed by atoms with Gasteiger partial charge in [-0.3, -0.25) is 19.7 Å². The van der Waals surface area contributed by atoms with Gasteiger partial charge in [-0.15, -0.1) is 0 Å². The van der Waals surface area contributed by atoms with E-state index >= 15 is 0 Å². The first-order valence-corrected chi connectivity index (χ1v) is 8.26. The van der Waals surface area contributed by atoms with Crippen molar-refractivity contribution < 1.29 is 24.0 Å². The fourth-order valence-electron chi connectivity index (χ4n) is 2.23. The summed E-state index contributed by atoms with van der Waals surface area (Å²) in [6.45, 7) is 3.11. The standard InChI is InChI=1S/C19H20N2O6/c1-13-10-16(17(21(24)25)11-14(13)2)20-18(22)12-27-19(23)8-9-26-15-6-4-3-5-7-15/h3-7,10-11H,8-9,12H2,1-2H3,(H,20,22). The van der Waals surface area contributed by atoms with Gasteiger partial charge in [-0.2, -0.15) is 0 Å². The van der Waals surface area contributed by atoms with Crippen molar-refractivity contribution in [1.82, 2.24) is 0 Å². The van der Waals surface area contributed by atoms with E-state index < -0.39 is 23.4 Å². The molecule has 27 heavy (non-hydrogen) atoms. The molecular formula is C19H20N2O6. The first-order chi connectivity index (χ1) is 12.9. The number of rotatable bonds is 8. The molecule has 0 fully saturated rings. The molecule has 0 radical (unpaired) electrons. The van der Waals surface area contributed by atoms with E-state index in [4.69, 9.17) is 9.47 Å². The normalized spacial score (nSPS) is 10.1. The van der Waals surface area contributed by atoms with Gasteiger partial charge in [-0.1, -0.05) is 18.2 Å². The minimum absolute atomic E-state index is 0.0219. The highest BCUT2D eigenvalue weighted by Gasteiger charge is 2.18. The molecule has 0 saturated carbocycles. The number of esters is 1. The first-order valence-electron chi connectivity index (χ1n) is 8.26. The molecule has 0 spiro atoms. The van der Waals surface area contributed by atoms with Gasteiger partial charge in [0.05, 0.1) is 18.0 Å². The first kappa shape index (κ1) is 19.9. The van der Waals surface area contributed by atoms with Crippen molar-refractivity contribution in [1.29, 1.82) is 0 Å². The van der Waals surface area contributed by atoms with Crippen LogP contribution in [-0.4, -0.2) is 30.0 Å². The van der Waals surface area contributed by atoms with Crippen molar-refractivity contribution in [3.63, 3.8) is 0 Å². The van der Waals surface area contributed by atoms with Crippen molar-refractivity contribution in [2.75, 3.05) is 18.5 Å². The van der Waals surface area contributed by atoms with Crippen molar-refractivity contribution in [3.8, 4) is 5.75 Å². The van der Waals surface area contributed by atoms with Crippen LogP contribution in [0.4, 0.5) is 11.4 Å². The van der Waals surface area contributed by atoms with Crippen LogP contribution in [0.2, 0.25) is 0 Å². The Hall–Kier alpha value is -3.42. The van der Waals surface area contributed by atoms with Crippen molar-refractivity contribution >= 4 is 23.3 Å². The maximum atomic E-state index is 11.9. The Kier molecular flexibility index (Phi) is 6.87. The van der Waals surface area contributed by atoms with Gasteiger partial charge >= 0.3 is 5.97 Å². The summed E-state index contributed by atoms with van der Waals surface area (Å²) in [5.41, 5.74) is 1.39. The molecule has 0 aliphatic rings. The van der Waals surface area contributed by atoms with Crippen LogP contribution in [0.25, 0.3) is 0 Å². The molecule has 0 heterocycles. The minimum Gasteiger partial charge on any atom is -0.493 e. The van der Waals surface area contributed by atoms with E-state index in [-0.39, 0.29) is 24.4 Å². The third-order valence-corrected chi connectivity index (χ3v) is 3.77. The van der Waals surface area contributed by atoms with Crippen LogP contribution in [0.3, 0.4) is 0 Å². The number of ether oxygens (including phenoxy) is 2. The lowest BCUT2D eigenvalue weighted by Gasteiger charge is -2.10. The molecule has 1 amide bonds. The molecule has 1 N–H and O–H groups in total. The molecule has 0 aliphatic heterocycles. The second-order valence-electron chi connectivity index (χ2n) is 5.83. The van der Waals surface area contributed by atoms with Crippen LogP contribution in [0.15, 0.2) is 42.5 Å². The van der Waals surface area contributed by atoms with Crippen LogP contribution in [0.1, 0.15) is 17.5 Å². The second-order valence-corrected chi connectivity index (χ2v) is 5.83. The monoisotopic (exact) mass is 372 g/mol. The largest absolute Gasteiger partial charge is 0.493 e. The summed E-state index contributed by atoms with van der Waals surface area (Å²) in [5.74, 6) is -0.626. The molecule has 2 aromatic rings. The van der Waals surface area contributed by atoms with E-state index in [9.17, 15) is 19.7 Å². The van der Waals surface area contributed by atoms with Gasteiger partial charge in [-0.05, 0) is 43.2 Å². The molecule has 0 aliphatic carbocycles. The van der Waals surface area contributed by atoms with Gasteiger partial charge < -0.3 is 14.8 Å². The number of hydrogen-bond donors (Lipinski definition) is 1. The van der Waals surface area contributed by atoms with Crippen LogP contribution in [0.5, 0.6) is 5.75 Å². The summed E-state index contributed by atoms with van der Waals surface area (Å²) < 4.78 is 10.2. The van der Waals surface area contributed by atoms with E-state index in [1.54, 1.807) is 26.0 Å². The molecule has 142 valence electrons. The molecule has 8 nitrogen and oxygen atoms in total. The smallest absolute Gasteiger partial charge is 0.309 e. The number of para-hydroxylation sites is 1. The zero-order valence-corrected chi connectivity index (χ0v) is 15.1. The third-order valence-electron chi connectivity index (χ3n) is 3.77. The van der Waals surface area contributed by atoms with Gasteiger partial charge in [0.2, 0.25) is 0 Å². The number of anilines is 1. The average Bonchev–Trinajstić information content (AvgIpc) is 2.63. The lowest BCUT2D eigenvalue weighted by molar-refractivity contribution is -0.384. The van der Waals surface area contributed by atoms with Gasteiger partial charge in [-0.25, -0.2) is 0 Å². The number of nitro groups is 1. The zero-order chi connectivity index (χ0) is 19.8. The van der Waals surface area contributed by atoms with Crippen LogP contribution in [0, 0.1) is 24.0 Å². The Balaban J connectivity index is 1.81. The SMILES string of the molecule is Cc1cc(NC(=O)COC(=O)CCOc2ccccc2)c([N+](=O)[O-])cc1C. The molecule has 0 atom stereocenters. The Morgan fingerprint density at radius 2 is 1.78 bits per heavy atom. The fourth-order valence-corrected chi connectivity index (χ4v) is 2.23. The number of aryl methyl sites for hydroxylation is 2. The predicted octanol–water partition coefficient (Wildman–Crippen LogP) is 3.16. The molecule has 8 heteroatoms. The van der Waals surface area contributed by atoms with Crippen molar-refractivity contribution in [3.05, 3.63) is 63.7 Å². The Labute approximate surface area is 156 Å². The highest BCUT2D eigenvalue weighted by molar-refractivity contribution is 5.95. The number of benzene rings is 2. The Morgan fingerprint density at radius 1 is 1.11 bits per heavy atom. The quantitative estimate of drug-likeness (QED) is 0.433. The number of nitro benzene ring substituents is 1. The van der Waals surface area contributed by atoms with E-state index in [1.807, 2.05) is 18.2 Å². The zero-order valence-electron chi connectivity index (χ0n) is 15.1. The van der Waals surface area contributed by atoms with Crippen LogP contribution in [-0.2, 0) is 14.3 Å². The maximum Gasteiger partial charge on any atom is 0.309 e. The summed E-state index contributed by atoms with van der Waals surface area (Å²) >= 11 is 0. The van der Waals surface area contributed by atoms with Crippen molar-refractivity contribution in [2.45, 2.75) is 20.3 Å². The summed E-state index contributed by atoms with van der Waals surface area (Å²) in [6, 6.07) is 11.9. The molecule has 0 bridgehead atoms. The topological polar surface area (TPSA) is 108 Å². The number of nitrogens with one attached hydrogen (secondary N) is 1. The number of carbonyl (C=O) groups excluding carboxylic acids is 2. The predicted molar refractivity (Wildman–Crippen MR) is 98.7 cm³/mol. The van der Waals surface area contributed by atoms with E-state index in [2.05, 4.69) is 5.32 Å². The molecule has 2 aromatic carbocycles. The number of amides is 1. The summed E-state index contributed by atoms with van der Waals surface area (Å²) in [4.78, 5) is 34.2. The van der Waals surface area contributed by atoms with E-state index in [0.717, 1.165) is 11.1 Å². The van der Waals surface area contributed by atoms with Gasteiger partial charge in [0.1, 0.15) is 11.4 Å². The van der Waals surface area contributed by atoms with Crippen LogP contribution < -0.4 is 10.1 Å². The maximum absolute atomic E-state index is 11.9. The summed E-state index contributed by atoms with van der Waals surface area (Å²) in [5, 5.41) is 13.5.